The van der Waals surface area contributed by atoms with Crippen molar-refractivity contribution in [1.82, 2.24) is 0 Å². The van der Waals surface area contributed by atoms with E-state index in [1.54, 1.807) is 0 Å². The van der Waals surface area contributed by atoms with Gasteiger partial charge in [-0.05, 0) is 24.6 Å². The third-order valence-electron chi connectivity index (χ3n) is 2.11. The van der Waals surface area contributed by atoms with Gasteiger partial charge in [-0.3, -0.25) is 0 Å². The number of alkyl halides is 3. The predicted molar refractivity (Wildman–Crippen MR) is 62.5 cm³/mol. The SMILES string of the molecule is C=CCc1cc(OS(=O)(=O)C(F)(F)F)ccc1OC. The Kier molecular flexibility index (Phi) is 4.46. The summed E-state index contributed by atoms with van der Waals surface area (Å²) in [5.74, 6) is -0.0355. The van der Waals surface area contributed by atoms with E-state index >= 15 is 0 Å². The normalized spacial score (nSPS) is 12.0. The molecular weight excluding hydrogens is 285 g/mol. The second-order valence-electron chi connectivity index (χ2n) is 3.45. The summed E-state index contributed by atoms with van der Waals surface area (Å²) >= 11 is 0. The molecule has 0 aliphatic heterocycles. The van der Waals surface area contributed by atoms with Gasteiger partial charge in [0.15, 0.2) is 0 Å². The smallest absolute Gasteiger partial charge is 0.496 e. The molecule has 0 saturated heterocycles. The molecule has 4 nitrogen and oxygen atoms in total. The van der Waals surface area contributed by atoms with Crippen molar-refractivity contribution in [3.05, 3.63) is 36.4 Å². The lowest BCUT2D eigenvalue weighted by atomic mass is 10.1. The highest BCUT2D eigenvalue weighted by molar-refractivity contribution is 7.87. The Labute approximate surface area is 108 Å². The Bertz CT molecular complexity index is 564. The Balaban J connectivity index is 3.10. The molecule has 1 aromatic carbocycles. The fourth-order valence-electron chi connectivity index (χ4n) is 1.30. The average molecular weight is 296 g/mol. The van der Waals surface area contributed by atoms with Gasteiger partial charge < -0.3 is 8.92 Å². The molecule has 1 aromatic rings. The summed E-state index contributed by atoms with van der Waals surface area (Å²) in [6, 6.07) is 3.55. The molecule has 19 heavy (non-hydrogen) atoms. The summed E-state index contributed by atoms with van der Waals surface area (Å²) in [6.07, 6.45) is 1.80. The topological polar surface area (TPSA) is 52.6 Å². The summed E-state index contributed by atoms with van der Waals surface area (Å²) in [6.45, 7) is 3.48. The van der Waals surface area contributed by atoms with E-state index in [0.29, 0.717) is 17.7 Å². The van der Waals surface area contributed by atoms with Crippen LogP contribution in [0.15, 0.2) is 30.9 Å². The number of benzene rings is 1. The van der Waals surface area contributed by atoms with Gasteiger partial charge in [0, 0.05) is 5.56 Å². The first kappa shape index (κ1) is 15.4. The second kappa shape index (κ2) is 5.52. The third kappa shape index (κ3) is 3.63. The van der Waals surface area contributed by atoms with Crippen molar-refractivity contribution in [2.24, 2.45) is 0 Å². The molecule has 0 unspecified atom stereocenters. The zero-order chi connectivity index (χ0) is 14.7. The Morgan fingerprint density at radius 1 is 1.37 bits per heavy atom. The molecule has 0 heterocycles. The number of methoxy groups -OCH3 is 1. The van der Waals surface area contributed by atoms with Crippen LogP contribution in [0, 0.1) is 0 Å². The van der Waals surface area contributed by atoms with Crippen LogP contribution in [0.4, 0.5) is 13.2 Å². The van der Waals surface area contributed by atoms with Gasteiger partial charge in [-0.2, -0.15) is 21.6 Å². The van der Waals surface area contributed by atoms with E-state index in [4.69, 9.17) is 4.74 Å². The van der Waals surface area contributed by atoms with E-state index < -0.39 is 21.4 Å². The minimum Gasteiger partial charge on any atom is -0.496 e. The first-order chi connectivity index (χ1) is 8.71. The molecule has 0 aromatic heterocycles. The van der Waals surface area contributed by atoms with Gasteiger partial charge in [0.05, 0.1) is 7.11 Å². The molecule has 1 rings (SSSR count). The van der Waals surface area contributed by atoms with E-state index in [-0.39, 0.29) is 0 Å². The summed E-state index contributed by atoms with van der Waals surface area (Å²) in [4.78, 5) is 0. The maximum atomic E-state index is 12.2. The standard InChI is InChI=1S/C11H11F3O4S/c1-3-4-8-7-9(5-6-10(8)17-2)18-19(15,16)11(12,13)14/h3,5-7H,1,4H2,2H3. The van der Waals surface area contributed by atoms with Crippen molar-refractivity contribution in [2.45, 2.75) is 11.9 Å². The van der Waals surface area contributed by atoms with E-state index in [9.17, 15) is 21.6 Å². The summed E-state index contributed by atoms with van der Waals surface area (Å²) in [7, 11) is -4.28. The Hall–Kier alpha value is -1.70. The molecule has 0 spiro atoms. The number of ether oxygens (including phenoxy) is 1. The van der Waals surface area contributed by atoms with E-state index in [0.717, 1.165) is 12.1 Å². The predicted octanol–water partition coefficient (Wildman–Crippen LogP) is 2.65. The maximum Gasteiger partial charge on any atom is 0.534 e. The van der Waals surface area contributed by atoms with Crippen molar-refractivity contribution < 1.29 is 30.5 Å². The highest BCUT2D eigenvalue weighted by Crippen LogP contribution is 2.30. The molecule has 0 fully saturated rings. The van der Waals surface area contributed by atoms with Gasteiger partial charge in [0.2, 0.25) is 0 Å². The fourth-order valence-corrected chi connectivity index (χ4v) is 1.75. The zero-order valence-corrected chi connectivity index (χ0v) is 10.7. The van der Waals surface area contributed by atoms with Gasteiger partial charge in [0.1, 0.15) is 11.5 Å². The van der Waals surface area contributed by atoms with Crippen molar-refractivity contribution in [3.63, 3.8) is 0 Å². The average Bonchev–Trinajstić information content (AvgIpc) is 2.28. The number of allylic oxidation sites excluding steroid dienone is 1. The lowest BCUT2D eigenvalue weighted by Crippen LogP contribution is -2.28. The summed E-state index contributed by atoms with van der Waals surface area (Å²) in [5.41, 5.74) is -5.00. The van der Waals surface area contributed by atoms with E-state index in [2.05, 4.69) is 10.8 Å². The molecular formula is C11H11F3O4S. The van der Waals surface area contributed by atoms with Crippen LogP contribution in [-0.4, -0.2) is 21.0 Å². The third-order valence-corrected chi connectivity index (χ3v) is 3.08. The van der Waals surface area contributed by atoms with Crippen LogP contribution in [0.2, 0.25) is 0 Å². The molecule has 0 atom stereocenters. The highest BCUT2D eigenvalue weighted by atomic mass is 32.2. The van der Waals surface area contributed by atoms with E-state index in [1.807, 2.05) is 0 Å². The Morgan fingerprint density at radius 3 is 2.47 bits per heavy atom. The lowest BCUT2D eigenvalue weighted by molar-refractivity contribution is -0.0500. The van der Waals surface area contributed by atoms with Crippen molar-refractivity contribution in [1.29, 1.82) is 0 Å². The molecule has 0 bridgehead atoms. The van der Waals surface area contributed by atoms with Crippen LogP contribution in [-0.2, 0) is 16.5 Å². The van der Waals surface area contributed by atoms with E-state index in [1.165, 1.54) is 19.3 Å². The van der Waals surface area contributed by atoms with Gasteiger partial charge in [-0.1, -0.05) is 6.08 Å². The van der Waals surface area contributed by atoms with Gasteiger partial charge in [-0.15, -0.1) is 6.58 Å². The molecule has 0 saturated carbocycles. The number of rotatable bonds is 5. The lowest BCUT2D eigenvalue weighted by Gasteiger charge is -2.12. The van der Waals surface area contributed by atoms with Crippen LogP contribution in [0.5, 0.6) is 11.5 Å². The molecule has 8 heteroatoms. The molecule has 0 aliphatic carbocycles. The number of halogens is 3. The monoisotopic (exact) mass is 296 g/mol. The minimum absolute atomic E-state index is 0.298. The number of hydrogen-bond donors (Lipinski definition) is 0. The molecule has 0 N–H and O–H groups in total. The first-order valence-corrected chi connectivity index (χ1v) is 6.40. The second-order valence-corrected chi connectivity index (χ2v) is 4.99. The number of hydrogen-bond acceptors (Lipinski definition) is 4. The van der Waals surface area contributed by atoms with Crippen molar-refractivity contribution >= 4 is 10.1 Å². The molecule has 0 aliphatic rings. The van der Waals surface area contributed by atoms with Crippen LogP contribution in [0.1, 0.15) is 5.56 Å². The van der Waals surface area contributed by atoms with Crippen LogP contribution in [0.25, 0.3) is 0 Å². The zero-order valence-electron chi connectivity index (χ0n) is 9.90. The van der Waals surface area contributed by atoms with Crippen molar-refractivity contribution in [3.8, 4) is 11.5 Å². The highest BCUT2D eigenvalue weighted by Gasteiger charge is 2.48. The van der Waals surface area contributed by atoms with Crippen LogP contribution < -0.4 is 8.92 Å². The van der Waals surface area contributed by atoms with Gasteiger partial charge in [-0.25, -0.2) is 0 Å². The first-order valence-electron chi connectivity index (χ1n) is 5.00. The van der Waals surface area contributed by atoms with Crippen LogP contribution >= 0.6 is 0 Å². The molecule has 0 radical (unpaired) electrons. The largest absolute Gasteiger partial charge is 0.534 e. The maximum absolute atomic E-state index is 12.2. The minimum atomic E-state index is -5.67. The molecule has 0 amide bonds. The van der Waals surface area contributed by atoms with Crippen molar-refractivity contribution in [2.75, 3.05) is 7.11 Å². The van der Waals surface area contributed by atoms with Crippen LogP contribution in [0.3, 0.4) is 0 Å². The summed E-state index contributed by atoms with van der Waals surface area (Å²) in [5, 5.41) is 0. The molecule has 106 valence electrons. The quantitative estimate of drug-likeness (QED) is 0.476. The fraction of sp³-hybridized carbons (Fsp3) is 0.273. The van der Waals surface area contributed by atoms with Gasteiger partial charge >= 0.3 is 15.6 Å². The van der Waals surface area contributed by atoms with Gasteiger partial charge in [0.25, 0.3) is 0 Å². The Morgan fingerprint density at radius 2 is 2.00 bits per heavy atom. The summed E-state index contributed by atoms with van der Waals surface area (Å²) < 4.78 is 67.2.